The zero-order valence-corrected chi connectivity index (χ0v) is 20.0. The molecule has 35 heavy (non-hydrogen) atoms. The molecule has 0 saturated heterocycles. The van der Waals surface area contributed by atoms with Gasteiger partial charge >= 0.3 is 5.97 Å². The third kappa shape index (κ3) is 6.69. The molecular formula is C30H30O5. The Bertz CT molecular complexity index is 1290. The molecule has 0 aliphatic rings. The van der Waals surface area contributed by atoms with Crippen LogP contribution in [0.15, 0.2) is 91.0 Å². The first-order valence-corrected chi connectivity index (χ1v) is 11.7. The zero-order chi connectivity index (χ0) is 24.5. The van der Waals surface area contributed by atoms with Gasteiger partial charge in [-0.2, -0.15) is 0 Å². The van der Waals surface area contributed by atoms with Crippen LogP contribution in [-0.4, -0.2) is 45.6 Å². The molecule has 0 N–H and O–H groups in total. The lowest BCUT2D eigenvalue weighted by Gasteiger charge is -2.11. The van der Waals surface area contributed by atoms with E-state index in [-0.39, 0.29) is 6.61 Å². The summed E-state index contributed by atoms with van der Waals surface area (Å²) in [5.41, 5.74) is 2.74. The van der Waals surface area contributed by atoms with Crippen molar-refractivity contribution in [3.8, 4) is 16.9 Å². The second-order valence-electron chi connectivity index (χ2n) is 8.24. The SMILES string of the molecule is C=C(C)C(=O)OCCOCCOCCOc1ccc(-c2cccc3cc4ccccc4cc23)cc1. The molecule has 4 aromatic rings. The third-order valence-corrected chi connectivity index (χ3v) is 5.59. The van der Waals surface area contributed by atoms with Gasteiger partial charge in [0.05, 0.1) is 26.4 Å². The second kappa shape index (κ2) is 12.2. The molecule has 0 saturated carbocycles. The lowest BCUT2D eigenvalue weighted by atomic mass is 9.95. The molecule has 0 spiro atoms. The van der Waals surface area contributed by atoms with Crippen LogP contribution in [0.1, 0.15) is 6.92 Å². The number of carbonyl (C=O) groups excluding carboxylic acids is 1. The Morgan fingerprint density at radius 2 is 1.34 bits per heavy atom. The highest BCUT2D eigenvalue weighted by atomic mass is 16.6. The van der Waals surface area contributed by atoms with E-state index < -0.39 is 5.97 Å². The highest BCUT2D eigenvalue weighted by molar-refractivity contribution is 6.04. The van der Waals surface area contributed by atoms with Crippen molar-refractivity contribution in [2.24, 2.45) is 0 Å². The van der Waals surface area contributed by atoms with Crippen LogP contribution in [0.3, 0.4) is 0 Å². The summed E-state index contributed by atoms with van der Waals surface area (Å²) in [6.07, 6.45) is 0. The van der Waals surface area contributed by atoms with Crippen molar-refractivity contribution in [2.45, 2.75) is 6.92 Å². The van der Waals surface area contributed by atoms with Crippen LogP contribution in [0.2, 0.25) is 0 Å². The molecule has 0 aliphatic carbocycles. The molecular weight excluding hydrogens is 440 g/mol. The van der Waals surface area contributed by atoms with Gasteiger partial charge in [0.15, 0.2) is 0 Å². The summed E-state index contributed by atoms with van der Waals surface area (Å²) in [5.74, 6) is 0.402. The fraction of sp³-hybridized carbons (Fsp3) is 0.233. The number of benzene rings is 4. The lowest BCUT2D eigenvalue weighted by molar-refractivity contribution is -0.140. The van der Waals surface area contributed by atoms with Gasteiger partial charge < -0.3 is 18.9 Å². The molecule has 5 nitrogen and oxygen atoms in total. The molecule has 0 aliphatic heterocycles. The van der Waals surface area contributed by atoms with Crippen LogP contribution in [-0.2, 0) is 19.0 Å². The number of carbonyl (C=O) groups is 1. The highest BCUT2D eigenvalue weighted by Crippen LogP contribution is 2.32. The molecule has 5 heteroatoms. The average Bonchev–Trinajstić information content (AvgIpc) is 2.88. The van der Waals surface area contributed by atoms with Crippen molar-refractivity contribution in [1.29, 1.82) is 0 Å². The standard InChI is InChI=1S/C30H30O5/c1-22(2)30(31)35-19-17-33-15-14-32-16-18-34-27-12-10-23(11-13-27)28-9-5-8-26-20-24-6-3-4-7-25(24)21-29(26)28/h3-13,20-21H,1,14-19H2,2H3. The minimum Gasteiger partial charge on any atom is -0.491 e. The average molecular weight is 471 g/mol. The van der Waals surface area contributed by atoms with Crippen LogP contribution in [0, 0.1) is 0 Å². The van der Waals surface area contributed by atoms with Gasteiger partial charge in [-0.25, -0.2) is 4.79 Å². The Morgan fingerprint density at radius 3 is 2.06 bits per heavy atom. The van der Waals surface area contributed by atoms with Crippen molar-refractivity contribution in [2.75, 3.05) is 39.6 Å². The molecule has 0 bridgehead atoms. The van der Waals surface area contributed by atoms with E-state index in [1.54, 1.807) is 6.92 Å². The summed E-state index contributed by atoms with van der Waals surface area (Å²) in [4.78, 5) is 11.2. The summed E-state index contributed by atoms with van der Waals surface area (Å²) < 4.78 is 21.6. The number of hydrogen-bond acceptors (Lipinski definition) is 5. The number of esters is 1. The van der Waals surface area contributed by atoms with Crippen LogP contribution in [0.25, 0.3) is 32.7 Å². The molecule has 4 aromatic carbocycles. The third-order valence-electron chi connectivity index (χ3n) is 5.59. The van der Waals surface area contributed by atoms with Crippen molar-refractivity contribution in [3.63, 3.8) is 0 Å². The highest BCUT2D eigenvalue weighted by Gasteiger charge is 2.06. The molecule has 0 aromatic heterocycles. The van der Waals surface area contributed by atoms with E-state index in [2.05, 4.69) is 73.3 Å². The summed E-state index contributed by atoms with van der Waals surface area (Å²) in [6.45, 7) is 7.48. The fourth-order valence-electron chi connectivity index (χ4n) is 3.81. The number of fused-ring (bicyclic) bond motifs is 2. The van der Waals surface area contributed by atoms with Gasteiger partial charge in [0.25, 0.3) is 0 Å². The van der Waals surface area contributed by atoms with Crippen molar-refractivity contribution in [3.05, 3.63) is 91.0 Å². The van der Waals surface area contributed by atoms with Gasteiger partial charge in [0, 0.05) is 5.57 Å². The monoisotopic (exact) mass is 470 g/mol. The largest absolute Gasteiger partial charge is 0.491 e. The molecule has 0 heterocycles. The minimum atomic E-state index is -0.402. The van der Waals surface area contributed by atoms with Gasteiger partial charge in [0.1, 0.15) is 19.0 Å². The van der Waals surface area contributed by atoms with Gasteiger partial charge in [-0.3, -0.25) is 0 Å². The van der Waals surface area contributed by atoms with E-state index in [9.17, 15) is 4.79 Å². The Balaban J connectivity index is 1.21. The molecule has 0 radical (unpaired) electrons. The molecule has 0 unspecified atom stereocenters. The normalized spacial score (nSPS) is 11.0. The van der Waals surface area contributed by atoms with Crippen LogP contribution in [0.4, 0.5) is 0 Å². The quantitative estimate of drug-likeness (QED) is 0.107. The molecule has 0 atom stereocenters. The van der Waals surface area contributed by atoms with E-state index in [4.69, 9.17) is 18.9 Å². The first-order chi connectivity index (χ1) is 17.1. The summed E-state index contributed by atoms with van der Waals surface area (Å²) in [7, 11) is 0. The van der Waals surface area contributed by atoms with Crippen molar-refractivity contribution < 1.29 is 23.7 Å². The summed E-state index contributed by atoms with van der Waals surface area (Å²) >= 11 is 0. The Hall–Kier alpha value is -3.67. The number of rotatable bonds is 12. The van der Waals surface area contributed by atoms with E-state index in [1.807, 2.05) is 12.1 Å². The topological polar surface area (TPSA) is 54.0 Å². The first kappa shape index (κ1) is 24.5. The van der Waals surface area contributed by atoms with E-state index in [1.165, 1.54) is 27.1 Å². The Labute approximate surface area is 205 Å². The van der Waals surface area contributed by atoms with Gasteiger partial charge in [0.2, 0.25) is 0 Å². The minimum absolute atomic E-state index is 0.208. The van der Waals surface area contributed by atoms with E-state index >= 15 is 0 Å². The lowest BCUT2D eigenvalue weighted by Crippen LogP contribution is -2.14. The Morgan fingerprint density at radius 1 is 0.714 bits per heavy atom. The molecule has 180 valence electrons. The number of ether oxygens (including phenoxy) is 4. The Kier molecular flexibility index (Phi) is 8.49. The number of hydrogen-bond donors (Lipinski definition) is 0. The maximum absolute atomic E-state index is 11.2. The molecule has 0 amide bonds. The summed E-state index contributed by atoms with van der Waals surface area (Å²) in [5, 5.41) is 4.96. The second-order valence-corrected chi connectivity index (χ2v) is 8.24. The van der Waals surface area contributed by atoms with Gasteiger partial charge in [-0.1, -0.05) is 61.2 Å². The van der Waals surface area contributed by atoms with Crippen LogP contribution < -0.4 is 4.74 Å². The molecule has 4 rings (SSSR count). The van der Waals surface area contributed by atoms with Crippen LogP contribution >= 0.6 is 0 Å². The molecule has 0 fully saturated rings. The summed E-state index contributed by atoms with van der Waals surface area (Å²) in [6, 6.07) is 27.5. The van der Waals surface area contributed by atoms with Gasteiger partial charge in [-0.15, -0.1) is 0 Å². The van der Waals surface area contributed by atoms with E-state index in [0.29, 0.717) is 38.6 Å². The van der Waals surface area contributed by atoms with E-state index in [0.717, 1.165) is 11.3 Å². The van der Waals surface area contributed by atoms with Crippen molar-refractivity contribution in [1.82, 2.24) is 0 Å². The fourth-order valence-corrected chi connectivity index (χ4v) is 3.81. The van der Waals surface area contributed by atoms with Crippen LogP contribution in [0.5, 0.6) is 5.75 Å². The maximum Gasteiger partial charge on any atom is 0.333 e. The maximum atomic E-state index is 11.2. The smallest absolute Gasteiger partial charge is 0.333 e. The predicted molar refractivity (Wildman–Crippen MR) is 140 cm³/mol. The predicted octanol–water partition coefficient (Wildman–Crippen LogP) is 6.19. The zero-order valence-electron chi connectivity index (χ0n) is 20.0. The first-order valence-electron chi connectivity index (χ1n) is 11.7. The van der Waals surface area contributed by atoms with Crippen molar-refractivity contribution >= 4 is 27.5 Å². The van der Waals surface area contributed by atoms with Gasteiger partial charge in [-0.05, 0) is 63.9 Å².